The highest BCUT2D eigenvalue weighted by molar-refractivity contribution is 6.01. The van der Waals surface area contributed by atoms with Crippen LogP contribution in [0.15, 0.2) is 42.5 Å². The Labute approximate surface area is 118 Å². The molecule has 1 aliphatic rings. The van der Waals surface area contributed by atoms with Crippen LogP contribution in [0.25, 0.3) is 0 Å². The van der Waals surface area contributed by atoms with Crippen molar-refractivity contribution in [1.82, 2.24) is 0 Å². The van der Waals surface area contributed by atoms with Gasteiger partial charge in [0.05, 0.1) is 6.42 Å². The van der Waals surface area contributed by atoms with Crippen molar-refractivity contribution in [3.8, 4) is 0 Å². The molecule has 0 saturated carbocycles. The van der Waals surface area contributed by atoms with Crippen molar-refractivity contribution >= 4 is 23.0 Å². The van der Waals surface area contributed by atoms with Crippen molar-refractivity contribution in [2.24, 2.45) is 0 Å². The number of rotatable bonds is 3. The van der Waals surface area contributed by atoms with E-state index in [9.17, 15) is 4.79 Å². The molecule has 1 heterocycles. The fourth-order valence-electron chi connectivity index (χ4n) is 2.42. The van der Waals surface area contributed by atoms with Gasteiger partial charge in [-0.2, -0.15) is 0 Å². The molecule has 1 amide bonds. The normalized spacial score (nSPS) is 13.4. The Morgan fingerprint density at radius 3 is 2.70 bits per heavy atom. The standard InChI is InChI=1S/C16H17N3O/c1-19-15-7-6-14(8-12(15)9-16(19)20)18-10-11-2-4-13(17)5-3-11/h2-8,18H,9-10,17H2,1H3. The number of likely N-dealkylation sites (N-methyl/N-ethyl adjacent to an activating group) is 1. The Bertz CT molecular complexity index is 649. The fraction of sp³-hybridized carbons (Fsp3) is 0.188. The first-order valence-electron chi connectivity index (χ1n) is 6.61. The molecule has 102 valence electrons. The second-order valence-corrected chi connectivity index (χ2v) is 5.07. The van der Waals surface area contributed by atoms with Gasteiger partial charge < -0.3 is 16.0 Å². The SMILES string of the molecule is CN1C(=O)Cc2cc(NCc3ccc(N)cc3)ccc21. The lowest BCUT2D eigenvalue weighted by molar-refractivity contribution is -0.117. The third-order valence-electron chi connectivity index (χ3n) is 3.63. The zero-order valence-corrected chi connectivity index (χ0v) is 11.4. The van der Waals surface area contributed by atoms with Crippen LogP contribution in [-0.4, -0.2) is 13.0 Å². The van der Waals surface area contributed by atoms with E-state index >= 15 is 0 Å². The zero-order valence-electron chi connectivity index (χ0n) is 11.4. The lowest BCUT2D eigenvalue weighted by atomic mass is 10.1. The molecule has 1 aliphatic heterocycles. The molecule has 4 nitrogen and oxygen atoms in total. The fourth-order valence-corrected chi connectivity index (χ4v) is 2.42. The van der Waals surface area contributed by atoms with Gasteiger partial charge in [-0.15, -0.1) is 0 Å². The van der Waals surface area contributed by atoms with Crippen molar-refractivity contribution in [2.75, 3.05) is 23.0 Å². The van der Waals surface area contributed by atoms with Gasteiger partial charge in [0, 0.05) is 30.7 Å². The van der Waals surface area contributed by atoms with Gasteiger partial charge in [0.1, 0.15) is 0 Å². The first-order valence-corrected chi connectivity index (χ1v) is 6.61. The van der Waals surface area contributed by atoms with Crippen LogP contribution < -0.4 is 16.0 Å². The monoisotopic (exact) mass is 267 g/mol. The molecule has 0 bridgehead atoms. The zero-order chi connectivity index (χ0) is 14.1. The number of fused-ring (bicyclic) bond motifs is 1. The van der Waals surface area contributed by atoms with E-state index in [-0.39, 0.29) is 5.91 Å². The second kappa shape index (κ2) is 4.89. The number of nitrogens with one attached hydrogen (secondary N) is 1. The van der Waals surface area contributed by atoms with Crippen LogP contribution >= 0.6 is 0 Å². The molecule has 0 saturated heterocycles. The van der Waals surface area contributed by atoms with Gasteiger partial charge in [-0.1, -0.05) is 12.1 Å². The average Bonchev–Trinajstić information content (AvgIpc) is 2.73. The Hall–Kier alpha value is -2.49. The molecule has 0 aliphatic carbocycles. The summed E-state index contributed by atoms with van der Waals surface area (Å²) in [5, 5.41) is 3.37. The van der Waals surface area contributed by atoms with Gasteiger partial charge >= 0.3 is 0 Å². The van der Waals surface area contributed by atoms with Crippen LogP contribution in [0.3, 0.4) is 0 Å². The third kappa shape index (κ3) is 2.32. The molecule has 0 unspecified atom stereocenters. The summed E-state index contributed by atoms with van der Waals surface area (Å²) in [5.41, 5.74) is 10.7. The minimum Gasteiger partial charge on any atom is -0.399 e. The van der Waals surface area contributed by atoms with Crippen molar-refractivity contribution in [2.45, 2.75) is 13.0 Å². The molecule has 2 aromatic rings. The number of nitrogens with zero attached hydrogens (tertiary/aromatic N) is 1. The third-order valence-corrected chi connectivity index (χ3v) is 3.63. The maximum atomic E-state index is 11.6. The number of nitrogens with two attached hydrogens (primary N) is 1. The molecule has 3 N–H and O–H groups in total. The van der Waals surface area contributed by atoms with Gasteiger partial charge in [0.2, 0.25) is 5.91 Å². The molecular weight excluding hydrogens is 250 g/mol. The molecule has 0 radical (unpaired) electrons. The van der Waals surface area contributed by atoms with E-state index in [2.05, 4.69) is 5.32 Å². The number of anilines is 3. The lowest BCUT2D eigenvalue weighted by Gasteiger charge is -2.11. The van der Waals surface area contributed by atoms with E-state index in [0.717, 1.165) is 29.2 Å². The van der Waals surface area contributed by atoms with E-state index in [0.29, 0.717) is 6.42 Å². The maximum Gasteiger partial charge on any atom is 0.231 e. The highest BCUT2D eigenvalue weighted by Gasteiger charge is 2.23. The second-order valence-electron chi connectivity index (χ2n) is 5.07. The summed E-state index contributed by atoms with van der Waals surface area (Å²) in [6, 6.07) is 13.9. The van der Waals surface area contributed by atoms with Crippen LogP contribution in [0.1, 0.15) is 11.1 Å². The molecule has 0 fully saturated rings. The van der Waals surface area contributed by atoms with E-state index in [1.165, 1.54) is 5.56 Å². The predicted molar refractivity (Wildman–Crippen MR) is 81.7 cm³/mol. The van der Waals surface area contributed by atoms with Crippen LogP contribution in [-0.2, 0) is 17.8 Å². The Morgan fingerprint density at radius 2 is 1.95 bits per heavy atom. The summed E-state index contributed by atoms with van der Waals surface area (Å²) >= 11 is 0. The van der Waals surface area contributed by atoms with Crippen LogP contribution in [0.4, 0.5) is 17.1 Å². The number of benzene rings is 2. The summed E-state index contributed by atoms with van der Waals surface area (Å²) in [6.07, 6.45) is 0.489. The molecule has 3 rings (SSSR count). The first kappa shape index (κ1) is 12.5. The summed E-state index contributed by atoms with van der Waals surface area (Å²) in [5.74, 6) is 0.149. The summed E-state index contributed by atoms with van der Waals surface area (Å²) < 4.78 is 0. The summed E-state index contributed by atoms with van der Waals surface area (Å²) in [7, 11) is 1.82. The van der Waals surface area contributed by atoms with E-state index in [1.54, 1.807) is 4.90 Å². The molecule has 0 spiro atoms. The molecule has 0 aromatic heterocycles. The van der Waals surface area contributed by atoms with Gasteiger partial charge in [-0.05, 0) is 41.5 Å². The quantitative estimate of drug-likeness (QED) is 0.840. The smallest absolute Gasteiger partial charge is 0.231 e. The molecule has 4 heteroatoms. The maximum absolute atomic E-state index is 11.6. The van der Waals surface area contributed by atoms with Crippen molar-refractivity contribution in [3.05, 3.63) is 53.6 Å². The Balaban J connectivity index is 1.72. The van der Waals surface area contributed by atoms with Crippen molar-refractivity contribution < 1.29 is 4.79 Å². The number of hydrogen-bond acceptors (Lipinski definition) is 3. The number of hydrogen-bond donors (Lipinski definition) is 2. The molecule has 20 heavy (non-hydrogen) atoms. The van der Waals surface area contributed by atoms with E-state index in [4.69, 9.17) is 5.73 Å². The Kier molecular flexibility index (Phi) is 3.06. The molecule has 0 atom stereocenters. The highest BCUT2D eigenvalue weighted by atomic mass is 16.2. The van der Waals surface area contributed by atoms with Gasteiger partial charge in [-0.25, -0.2) is 0 Å². The Morgan fingerprint density at radius 1 is 1.20 bits per heavy atom. The topological polar surface area (TPSA) is 58.4 Å². The van der Waals surface area contributed by atoms with Crippen LogP contribution in [0.2, 0.25) is 0 Å². The number of carbonyl (C=O) groups is 1. The summed E-state index contributed by atoms with van der Waals surface area (Å²) in [6.45, 7) is 0.739. The summed E-state index contributed by atoms with van der Waals surface area (Å²) in [4.78, 5) is 13.4. The van der Waals surface area contributed by atoms with Crippen molar-refractivity contribution in [1.29, 1.82) is 0 Å². The number of nitrogen functional groups attached to an aromatic ring is 1. The highest BCUT2D eigenvalue weighted by Crippen LogP contribution is 2.30. The van der Waals surface area contributed by atoms with Crippen LogP contribution in [0, 0.1) is 0 Å². The van der Waals surface area contributed by atoms with Gasteiger partial charge in [-0.3, -0.25) is 4.79 Å². The van der Waals surface area contributed by atoms with E-state index in [1.807, 2.05) is 49.5 Å². The van der Waals surface area contributed by atoms with E-state index < -0.39 is 0 Å². The number of carbonyl (C=O) groups excluding carboxylic acids is 1. The number of amides is 1. The first-order chi connectivity index (χ1) is 9.63. The minimum absolute atomic E-state index is 0.149. The largest absolute Gasteiger partial charge is 0.399 e. The minimum atomic E-state index is 0.149. The average molecular weight is 267 g/mol. The van der Waals surface area contributed by atoms with Crippen molar-refractivity contribution in [3.63, 3.8) is 0 Å². The van der Waals surface area contributed by atoms with Gasteiger partial charge in [0.25, 0.3) is 0 Å². The van der Waals surface area contributed by atoms with Gasteiger partial charge in [0.15, 0.2) is 0 Å². The molecular formula is C16H17N3O. The van der Waals surface area contributed by atoms with Crippen LogP contribution in [0.5, 0.6) is 0 Å². The molecule has 2 aromatic carbocycles. The lowest BCUT2D eigenvalue weighted by Crippen LogP contribution is -2.20. The predicted octanol–water partition coefficient (Wildman–Crippen LogP) is 2.40.